The van der Waals surface area contributed by atoms with E-state index in [-0.39, 0.29) is 11.9 Å². The van der Waals surface area contributed by atoms with Gasteiger partial charge in [0, 0.05) is 24.4 Å². The fraction of sp³-hybridized carbons (Fsp3) is 0.294. The fourth-order valence-electron chi connectivity index (χ4n) is 1.93. The molecule has 0 fully saturated rings. The minimum atomic E-state index is -0.444. The molecule has 0 bridgehead atoms. The molecular weight excluding hydrogens is 269 g/mol. The van der Waals surface area contributed by atoms with Gasteiger partial charge >= 0.3 is 0 Å². The van der Waals surface area contributed by atoms with Gasteiger partial charge in [0.1, 0.15) is 17.3 Å². The minimum absolute atomic E-state index is 0.0688. The average Bonchev–Trinajstić information content (AvgIpc) is 2.44. The van der Waals surface area contributed by atoms with E-state index in [4.69, 9.17) is 4.74 Å². The molecule has 0 aliphatic heterocycles. The second-order valence-electron chi connectivity index (χ2n) is 5.04. The van der Waals surface area contributed by atoms with Gasteiger partial charge in [-0.25, -0.2) is 4.39 Å². The van der Waals surface area contributed by atoms with Gasteiger partial charge in [0.15, 0.2) is 0 Å². The molecule has 0 spiro atoms. The van der Waals surface area contributed by atoms with Crippen molar-refractivity contribution in [3.05, 3.63) is 53.8 Å². The number of ether oxygens (including phenoxy) is 1. The second-order valence-corrected chi connectivity index (χ2v) is 5.04. The van der Waals surface area contributed by atoms with Crippen LogP contribution in [-0.2, 0) is 6.54 Å². The Morgan fingerprint density at radius 1 is 1.24 bits per heavy atom. The van der Waals surface area contributed by atoms with Crippen molar-refractivity contribution < 1.29 is 14.2 Å². The Bertz CT molecular complexity index is 581. The van der Waals surface area contributed by atoms with Crippen molar-refractivity contribution >= 4 is 5.69 Å². The van der Waals surface area contributed by atoms with E-state index in [1.807, 2.05) is 31.2 Å². The normalized spacial score (nSPS) is 12.0. The molecule has 0 saturated carbocycles. The summed E-state index contributed by atoms with van der Waals surface area (Å²) in [6, 6.07) is 11.7. The smallest absolute Gasteiger partial charge is 0.127 e. The Kier molecular flexibility index (Phi) is 5.04. The van der Waals surface area contributed by atoms with E-state index in [1.54, 1.807) is 0 Å². The third kappa shape index (κ3) is 4.67. The van der Waals surface area contributed by atoms with Crippen LogP contribution in [0.2, 0.25) is 0 Å². The standard InChI is InChI=1S/C17H20FNO2/c1-3-12(2)21-17-6-4-5-15(10-17)19-11-13-7-14(18)9-16(20)8-13/h4-10,12,19-20H,3,11H2,1-2H3. The van der Waals surface area contributed by atoms with Crippen molar-refractivity contribution in [1.82, 2.24) is 0 Å². The van der Waals surface area contributed by atoms with Crippen LogP contribution in [-0.4, -0.2) is 11.2 Å². The van der Waals surface area contributed by atoms with Crippen LogP contribution in [0.3, 0.4) is 0 Å². The highest BCUT2D eigenvalue weighted by Crippen LogP contribution is 2.21. The predicted molar refractivity (Wildman–Crippen MR) is 82.2 cm³/mol. The highest BCUT2D eigenvalue weighted by atomic mass is 19.1. The molecule has 0 radical (unpaired) electrons. The number of hydrogen-bond donors (Lipinski definition) is 2. The van der Waals surface area contributed by atoms with Crippen LogP contribution in [0, 0.1) is 5.82 Å². The van der Waals surface area contributed by atoms with Crippen molar-refractivity contribution in [3.63, 3.8) is 0 Å². The van der Waals surface area contributed by atoms with Crippen molar-refractivity contribution in [1.29, 1.82) is 0 Å². The van der Waals surface area contributed by atoms with Crippen LogP contribution in [0.15, 0.2) is 42.5 Å². The summed E-state index contributed by atoms with van der Waals surface area (Å²) in [4.78, 5) is 0. The van der Waals surface area contributed by atoms with Crippen LogP contribution in [0.4, 0.5) is 10.1 Å². The van der Waals surface area contributed by atoms with Crippen LogP contribution in [0.25, 0.3) is 0 Å². The van der Waals surface area contributed by atoms with Gasteiger partial charge in [-0.1, -0.05) is 13.0 Å². The summed E-state index contributed by atoms with van der Waals surface area (Å²) in [6.07, 6.45) is 1.11. The summed E-state index contributed by atoms with van der Waals surface area (Å²) in [5.41, 5.74) is 1.57. The molecule has 112 valence electrons. The van der Waals surface area contributed by atoms with Gasteiger partial charge in [0.25, 0.3) is 0 Å². The summed E-state index contributed by atoms with van der Waals surface area (Å²) in [5.74, 6) is 0.290. The minimum Gasteiger partial charge on any atom is -0.508 e. The van der Waals surface area contributed by atoms with Gasteiger partial charge in [0.2, 0.25) is 0 Å². The van der Waals surface area contributed by atoms with Gasteiger partial charge in [0.05, 0.1) is 6.10 Å². The fourth-order valence-corrected chi connectivity index (χ4v) is 1.93. The topological polar surface area (TPSA) is 41.5 Å². The Labute approximate surface area is 124 Å². The SMILES string of the molecule is CCC(C)Oc1cccc(NCc2cc(O)cc(F)c2)c1. The van der Waals surface area contributed by atoms with Crippen LogP contribution < -0.4 is 10.1 Å². The highest BCUT2D eigenvalue weighted by molar-refractivity contribution is 5.48. The quantitative estimate of drug-likeness (QED) is 0.832. The second kappa shape index (κ2) is 6.97. The molecule has 0 aromatic heterocycles. The maximum Gasteiger partial charge on any atom is 0.127 e. The number of aromatic hydroxyl groups is 1. The molecule has 0 aliphatic carbocycles. The van der Waals surface area contributed by atoms with Gasteiger partial charge in [-0.3, -0.25) is 0 Å². The summed E-state index contributed by atoms with van der Waals surface area (Å²) < 4.78 is 18.9. The number of hydrogen-bond acceptors (Lipinski definition) is 3. The molecule has 3 nitrogen and oxygen atoms in total. The lowest BCUT2D eigenvalue weighted by Crippen LogP contribution is -2.09. The molecule has 0 amide bonds. The largest absolute Gasteiger partial charge is 0.508 e. The number of phenolic OH excluding ortho intramolecular Hbond substituents is 1. The molecule has 2 aromatic rings. The average molecular weight is 289 g/mol. The summed E-state index contributed by atoms with van der Waals surface area (Å²) in [7, 11) is 0. The number of phenols is 1. The van der Waals surface area contributed by atoms with Gasteiger partial charge in [-0.2, -0.15) is 0 Å². The van der Waals surface area contributed by atoms with Crippen molar-refractivity contribution in [2.24, 2.45) is 0 Å². The lowest BCUT2D eigenvalue weighted by atomic mass is 10.2. The molecule has 0 saturated heterocycles. The zero-order chi connectivity index (χ0) is 15.2. The van der Waals surface area contributed by atoms with E-state index in [9.17, 15) is 9.50 Å². The van der Waals surface area contributed by atoms with Gasteiger partial charge in [-0.15, -0.1) is 0 Å². The third-order valence-corrected chi connectivity index (χ3v) is 3.19. The molecule has 2 aromatic carbocycles. The Morgan fingerprint density at radius 3 is 2.76 bits per heavy atom. The molecule has 0 aliphatic rings. The highest BCUT2D eigenvalue weighted by Gasteiger charge is 2.03. The Morgan fingerprint density at radius 2 is 2.05 bits per heavy atom. The van der Waals surface area contributed by atoms with E-state index in [1.165, 1.54) is 12.1 Å². The summed E-state index contributed by atoms with van der Waals surface area (Å²) in [5, 5.41) is 12.6. The molecule has 2 N–H and O–H groups in total. The molecule has 21 heavy (non-hydrogen) atoms. The van der Waals surface area contributed by atoms with Crippen LogP contribution in [0.1, 0.15) is 25.8 Å². The van der Waals surface area contributed by atoms with E-state index in [0.717, 1.165) is 23.9 Å². The van der Waals surface area contributed by atoms with Crippen molar-refractivity contribution in [2.45, 2.75) is 32.9 Å². The maximum atomic E-state index is 13.2. The lowest BCUT2D eigenvalue weighted by Gasteiger charge is -2.14. The molecular formula is C17H20FNO2. The Hall–Kier alpha value is -2.23. The van der Waals surface area contributed by atoms with Crippen molar-refractivity contribution in [2.75, 3.05) is 5.32 Å². The van der Waals surface area contributed by atoms with Crippen LogP contribution in [0.5, 0.6) is 11.5 Å². The number of rotatable bonds is 6. The van der Waals surface area contributed by atoms with Gasteiger partial charge in [-0.05, 0) is 43.2 Å². The summed E-state index contributed by atoms with van der Waals surface area (Å²) >= 11 is 0. The number of halogens is 1. The first-order valence-electron chi connectivity index (χ1n) is 7.06. The van der Waals surface area contributed by atoms with E-state index in [2.05, 4.69) is 12.2 Å². The molecule has 1 unspecified atom stereocenters. The van der Waals surface area contributed by atoms with Gasteiger partial charge < -0.3 is 15.2 Å². The first-order valence-corrected chi connectivity index (χ1v) is 7.06. The number of benzene rings is 2. The monoisotopic (exact) mass is 289 g/mol. The Balaban J connectivity index is 2.01. The van der Waals surface area contributed by atoms with E-state index >= 15 is 0 Å². The molecule has 4 heteroatoms. The first kappa shape index (κ1) is 15.2. The first-order chi connectivity index (χ1) is 10.1. The molecule has 1 atom stereocenters. The third-order valence-electron chi connectivity index (χ3n) is 3.19. The zero-order valence-corrected chi connectivity index (χ0v) is 12.3. The molecule has 0 heterocycles. The lowest BCUT2D eigenvalue weighted by molar-refractivity contribution is 0.217. The summed E-state index contributed by atoms with van der Waals surface area (Å²) in [6.45, 7) is 4.52. The van der Waals surface area contributed by atoms with E-state index in [0.29, 0.717) is 12.1 Å². The van der Waals surface area contributed by atoms with Crippen molar-refractivity contribution in [3.8, 4) is 11.5 Å². The number of anilines is 1. The number of nitrogens with one attached hydrogen (secondary N) is 1. The van der Waals surface area contributed by atoms with Crippen LogP contribution >= 0.6 is 0 Å². The maximum absolute atomic E-state index is 13.2. The zero-order valence-electron chi connectivity index (χ0n) is 12.3. The predicted octanol–water partition coefficient (Wildman–Crippen LogP) is 4.32. The van der Waals surface area contributed by atoms with E-state index < -0.39 is 5.82 Å². The molecule has 2 rings (SSSR count).